The van der Waals surface area contributed by atoms with Crippen molar-refractivity contribution in [2.24, 2.45) is 7.05 Å². The molecule has 0 aliphatic heterocycles. The molecule has 1 aromatic carbocycles. The van der Waals surface area contributed by atoms with Crippen LogP contribution >= 0.6 is 15.9 Å². The van der Waals surface area contributed by atoms with Gasteiger partial charge in [-0.25, -0.2) is 4.79 Å². The Labute approximate surface area is 117 Å². The lowest BCUT2D eigenvalue weighted by atomic mass is 10.2. The highest BCUT2D eigenvalue weighted by molar-refractivity contribution is 9.10. The predicted molar refractivity (Wildman–Crippen MR) is 72.3 cm³/mol. The van der Waals surface area contributed by atoms with Gasteiger partial charge in [-0.05, 0) is 24.3 Å². The van der Waals surface area contributed by atoms with Crippen molar-refractivity contribution in [2.45, 2.75) is 0 Å². The highest BCUT2D eigenvalue weighted by Gasteiger charge is 2.15. The second-order valence-electron chi connectivity index (χ2n) is 3.79. The summed E-state index contributed by atoms with van der Waals surface area (Å²) in [6.45, 7) is 0. The number of carboxylic acids is 1. The number of aryl methyl sites for hydroxylation is 1. The lowest BCUT2D eigenvalue weighted by Crippen LogP contribution is -2.18. The molecule has 0 atom stereocenters. The SMILES string of the molecule is Cn1nccc1C(=O)Nc1cc(Br)ccc1C(=O)O. The molecule has 0 unspecified atom stereocenters. The molecular weight excluding hydrogens is 314 g/mol. The molecule has 19 heavy (non-hydrogen) atoms. The molecule has 6 nitrogen and oxygen atoms in total. The van der Waals surface area contributed by atoms with Crippen LogP contribution in [-0.2, 0) is 7.05 Å². The molecule has 0 spiro atoms. The highest BCUT2D eigenvalue weighted by Crippen LogP contribution is 2.22. The topological polar surface area (TPSA) is 84.2 Å². The molecule has 2 rings (SSSR count). The van der Waals surface area contributed by atoms with Gasteiger partial charge < -0.3 is 10.4 Å². The minimum absolute atomic E-state index is 0.0266. The second-order valence-corrected chi connectivity index (χ2v) is 4.70. The fraction of sp³-hybridized carbons (Fsp3) is 0.0833. The fourth-order valence-electron chi connectivity index (χ4n) is 1.59. The van der Waals surface area contributed by atoms with Gasteiger partial charge in [-0.1, -0.05) is 15.9 Å². The smallest absolute Gasteiger partial charge is 0.337 e. The Morgan fingerprint density at radius 1 is 1.37 bits per heavy atom. The zero-order valence-corrected chi connectivity index (χ0v) is 11.5. The fourth-order valence-corrected chi connectivity index (χ4v) is 1.95. The van der Waals surface area contributed by atoms with Crippen LogP contribution in [0.25, 0.3) is 0 Å². The first-order chi connectivity index (χ1) is 8.99. The van der Waals surface area contributed by atoms with Gasteiger partial charge in [0.05, 0.1) is 11.3 Å². The summed E-state index contributed by atoms with van der Waals surface area (Å²) in [4.78, 5) is 23.1. The number of nitrogens with zero attached hydrogens (tertiary/aromatic N) is 2. The lowest BCUT2D eigenvalue weighted by molar-refractivity contribution is 0.0698. The highest BCUT2D eigenvalue weighted by atomic mass is 79.9. The third-order valence-electron chi connectivity index (χ3n) is 2.51. The van der Waals surface area contributed by atoms with E-state index in [2.05, 4.69) is 26.3 Å². The van der Waals surface area contributed by atoms with Crippen LogP contribution in [0.5, 0.6) is 0 Å². The molecule has 0 fully saturated rings. The number of anilines is 1. The molecule has 2 aromatic rings. The molecule has 1 aromatic heterocycles. The van der Waals surface area contributed by atoms with Crippen molar-refractivity contribution in [1.29, 1.82) is 0 Å². The predicted octanol–water partition coefficient (Wildman–Crippen LogP) is 2.13. The maximum Gasteiger partial charge on any atom is 0.337 e. The van der Waals surface area contributed by atoms with Crippen molar-refractivity contribution in [1.82, 2.24) is 9.78 Å². The van der Waals surface area contributed by atoms with Crippen LogP contribution in [0.15, 0.2) is 34.9 Å². The number of carbonyl (C=O) groups excluding carboxylic acids is 1. The van der Waals surface area contributed by atoms with E-state index in [9.17, 15) is 9.59 Å². The quantitative estimate of drug-likeness (QED) is 0.906. The van der Waals surface area contributed by atoms with Crippen molar-refractivity contribution >= 4 is 33.5 Å². The average Bonchev–Trinajstić information content (AvgIpc) is 2.75. The van der Waals surface area contributed by atoms with Gasteiger partial charge in [0, 0.05) is 17.7 Å². The molecule has 1 amide bonds. The molecule has 2 N–H and O–H groups in total. The number of rotatable bonds is 3. The van der Waals surface area contributed by atoms with Crippen molar-refractivity contribution in [3.05, 3.63) is 46.2 Å². The first-order valence-corrected chi connectivity index (χ1v) is 6.10. The standard InChI is InChI=1S/C12H10BrN3O3/c1-16-10(4-5-14-16)11(17)15-9-6-7(13)2-3-8(9)12(18)19/h2-6H,1H3,(H,15,17)(H,18,19). The second kappa shape index (κ2) is 5.23. The van der Waals surface area contributed by atoms with E-state index in [1.807, 2.05) is 0 Å². The van der Waals surface area contributed by atoms with Crippen LogP contribution in [0, 0.1) is 0 Å². The summed E-state index contributed by atoms with van der Waals surface area (Å²) in [5.74, 6) is -1.52. The molecule has 1 heterocycles. The van der Waals surface area contributed by atoms with Gasteiger partial charge in [-0.2, -0.15) is 5.10 Å². The number of carboxylic acid groups (broad SMARTS) is 1. The van der Waals surface area contributed by atoms with Crippen LogP contribution in [0.4, 0.5) is 5.69 Å². The van der Waals surface area contributed by atoms with Crippen molar-refractivity contribution in [3.8, 4) is 0 Å². The van der Waals surface area contributed by atoms with E-state index in [0.29, 0.717) is 10.2 Å². The van der Waals surface area contributed by atoms with Gasteiger partial charge in [0.15, 0.2) is 0 Å². The van der Waals surface area contributed by atoms with E-state index >= 15 is 0 Å². The van der Waals surface area contributed by atoms with Gasteiger partial charge in [0.1, 0.15) is 5.69 Å². The summed E-state index contributed by atoms with van der Waals surface area (Å²) in [5.41, 5.74) is 0.600. The van der Waals surface area contributed by atoms with Crippen molar-refractivity contribution in [3.63, 3.8) is 0 Å². The third kappa shape index (κ3) is 2.82. The average molecular weight is 324 g/mol. The van der Waals surface area contributed by atoms with Crippen molar-refractivity contribution < 1.29 is 14.7 Å². The molecule has 0 radical (unpaired) electrons. The van der Waals surface area contributed by atoms with Gasteiger partial charge in [0.2, 0.25) is 0 Å². The maximum absolute atomic E-state index is 12.0. The number of aromatic carboxylic acids is 1. The first-order valence-electron chi connectivity index (χ1n) is 5.31. The van der Waals surface area contributed by atoms with Gasteiger partial charge in [-0.15, -0.1) is 0 Å². The normalized spacial score (nSPS) is 10.2. The van der Waals surface area contributed by atoms with Crippen molar-refractivity contribution in [2.75, 3.05) is 5.32 Å². The third-order valence-corrected chi connectivity index (χ3v) is 3.01. The summed E-state index contributed by atoms with van der Waals surface area (Å²) in [5, 5.41) is 15.5. The first kappa shape index (κ1) is 13.3. The van der Waals surface area contributed by atoms with Crippen LogP contribution in [0.2, 0.25) is 0 Å². The minimum atomic E-state index is -1.10. The molecule has 0 bridgehead atoms. The summed E-state index contributed by atoms with van der Waals surface area (Å²) in [7, 11) is 1.63. The zero-order chi connectivity index (χ0) is 14.0. The number of hydrogen-bond donors (Lipinski definition) is 2. The van der Waals surface area contributed by atoms with Crippen LogP contribution in [0.3, 0.4) is 0 Å². The number of halogens is 1. The minimum Gasteiger partial charge on any atom is -0.478 e. The van der Waals surface area contributed by atoms with Crippen LogP contribution in [-0.4, -0.2) is 26.8 Å². The van der Waals surface area contributed by atoms with Gasteiger partial charge >= 0.3 is 5.97 Å². The van der Waals surface area contributed by atoms with Crippen LogP contribution in [0.1, 0.15) is 20.8 Å². The van der Waals surface area contributed by atoms with E-state index in [-0.39, 0.29) is 11.3 Å². The van der Waals surface area contributed by atoms with E-state index in [4.69, 9.17) is 5.11 Å². The van der Waals surface area contributed by atoms with Gasteiger partial charge in [-0.3, -0.25) is 9.48 Å². The summed E-state index contributed by atoms with van der Waals surface area (Å²) in [6.07, 6.45) is 1.49. The van der Waals surface area contributed by atoms with E-state index < -0.39 is 11.9 Å². The Kier molecular flexibility index (Phi) is 3.66. The Morgan fingerprint density at radius 3 is 2.68 bits per heavy atom. The Hall–Kier alpha value is -2.15. The molecule has 7 heteroatoms. The summed E-state index contributed by atoms with van der Waals surface area (Å²) in [6, 6.07) is 6.11. The molecule has 98 valence electrons. The lowest BCUT2D eigenvalue weighted by Gasteiger charge is -2.09. The maximum atomic E-state index is 12.0. The molecule has 0 saturated carbocycles. The number of nitrogens with one attached hydrogen (secondary N) is 1. The molecule has 0 aliphatic carbocycles. The Balaban J connectivity index is 2.33. The Bertz CT molecular complexity index is 651. The number of hydrogen-bond acceptors (Lipinski definition) is 3. The molecular formula is C12H10BrN3O3. The van der Waals surface area contributed by atoms with E-state index in [1.165, 1.54) is 23.0 Å². The number of aromatic nitrogens is 2. The summed E-state index contributed by atoms with van der Waals surface area (Å²) >= 11 is 3.24. The monoisotopic (exact) mass is 323 g/mol. The Morgan fingerprint density at radius 2 is 2.11 bits per heavy atom. The number of amides is 1. The van der Waals surface area contributed by atoms with E-state index in [0.717, 1.165) is 0 Å². The van der Waals surface area contributed by atoms with Crippen LogP contribution < -0.4 is 5.32 Å². The van der Waals surface area contributed by atoms with E-state index in [1.54, 1.807) is 19.2 Å². The number of carbonyl (C=O) groups is 2. The zero-order valence-electron chi connectivity index (χ0n) is 9.92. The largest absolute Gasteiger partial charge is 0.478 e. The van der Waals surface area contributed by atoms with Gasteiger partial charge in [0.25, 0.3) is 5.91 Å². The summed E-state index contributed by atoms with van der Waals surface area (Å²) < 4.78 is 2.09. The molecule has 0 aliphatic rings. The number of benzene rings is 1. The molecule has 0 saturated heterocycles.